The lowest BCUT2D eigenvalue weighted by atomic mass is 9.79. The number of esters is 1. The number of benzene rings is 2. The van der Waals surface area contributed by atoms with Crippen molar-refractivity contribution in [2.24, 2.45) is 17.0 Å². The SMILES string of the molecule is CC[C@H]1OC(=O)[C@H](C)[C@@H](O[C@H]2C[C@@](C)(OC)[C@@H](O)[C@H](C)O2)[C@H](C)[C@@H](O[C@@H]2O[C@H](C)C[C@H](N(C)CCCCc3cn(C[C@H]4CC(c5ccc(-c6ccc(C#N)cc6)cc5)=NO4)nn3)[C@H]2O)[C@](C)(O)CCN(C)[C@H](C)[C@@H](O)[C@]1(C)O. The Bertz CT molecular complexity index is 2490. The third kappa shape index (κ3) is 14.2. The number of hydrogen-bond acceptors (Lipinski definition) is 19. The van der Waals surface area contributed by atoms with Crippen LogP contribution in [0.3, 0.4) is 0 Å². The fraction of sp³-hybridized carbons (Fsp3) is 0.707. The first-order valence-electron chi connectivity index (χ1n) is 27.9. The summed E-state index contributed by atoms with van der Waals surface area (Å²) in [4.78, 5) is 24.2. The highest BCUT2D eigenvalue weighted by atomic mass is 16.7. The average Bonchev–Trinajstić information content (AvgIpc) is 4.13. The first-order chi connectivity index (χ1) is 36.9. The molecule has 4 aliphatic rings. The van der Waals surface area contributed by atoms with E-state index in [1.165, 1.54) is 14.0 Å². The van der Waals surface area contributed by atoms with Crippen LogP contribution in [0.2, 0.25) is 0 Å². The first-order valence-corrected chi connectivity index (χ1v) is 27.9. The molecular weight excluding hydrogens is 1000 g/mol. The number of unbranched alkanes of at least 4 members (excludes halogenated alkanes) is 1. The van der Waals surface area contributed by atoms with Crippen LogP contribution in [-0.4, -0.2) is 193 Å². The van der Waals surface area contributed by atoms with Crippen LogP contribution in [0.1, 0.15) is 124 Å². The predicted octanol–water partition coefficient (Wildman–Crippen LogP) is 4.98. The van der Waals surface area contributed by atoms with Gasteiger partial charge in [-0.05, 0) is 136 Å². The molecule has 0 saturated carbocycles. The molecule has 1 aromatic heterocycles. The maximum atomic E-state index is 14.4. The van der Waals surface area contributed by atoms with Crippen molar-refractivity contribution in [2.75, 3.05) is 34.3 Å². The molecular formula is C58H87N7O13. The zero-order valence-corrected chi connectivity index (χ0v) is 47.8. The van der Waals surface area contributed by atoms with E-state index in [-0.39, 0.29) is 44.1 Å². The molecule has 20 heteroatoms. The van der Waals surface area contributed by atoms with Gasteiger partial charge in [-0.2, -0.15) is 5.26 Å². The maximum absolute atomic E-state index is 14.4. The molecule has 0 spiro atoms. The molecule has 0 radical (unpaired) electrons. The van der Waals surface area contributed by atoms with Crippen molar-refractivity contribution in [2.45, 2.75) is 217 Å². The molecule has 18 atom stereocenters. The summed E-state index contributed by atoms with van der Waals surface area (Å²) in [7, 11) is 5.26. The Hall–Kier alpha value is -4.47. The molecule has 0 aliphatic carbocycles. The summed E-state index contributed by atoms with van der Waals surface area (Å²) in [6.45, 7) is 16.9. The van der Waals surface area contributed by atoms with E-state index in [0.717, 1.165) is 40.9 Å². The summed E-state index contributed by atoms with van der Waals surface area (Å²) in [5.74, 6) is -2.56. The minimum Gasteiger partial charge on any atom is -0.459 e. The second-order valence-corrected chi connectivity index (χ2v) is 23.3. The molecule has 78 heavy (non-hydrogen) atoms. The quantitative estimate of drug-likeness (QED) is 0.0936. The second kappa shape index (κ2) is 26.0. The summed E-state index contributed by atoms with van der Waals surface area (Å²) in [6, 6.07) is 16.8. The van der Waals surface area contributed by atoms with Crippen LogP contribution < -0.4 is 0 Å². The number of aromatic nitrogens is 3. The Balaban J connectivity index is 0.995. The van der Waals surface area contributed by atoms with Crippen molar-refractivity contribution in [1.29, 1.82) is 5.26 Å². The number of oxime groups is 1. The molecule has 3 fully saturated rings. The molecule has 2 aromatic carbocycles. The van der Waals surface area contributed by atoms with Gasteiger partial charge < -0.3 is 68.6 Å². The molecule has 0 unspecified atom stereocenters. The number of ether oxygens (including phenoxy) is 6. The minimum atomic E-state index is -1.84. The largest absolute Gasteiger partial charge is 0.459 e. The van der Waals surface area contributed by atoms with Gasteiger partial charge >= 0.3 is 5.97 Å². The highest BCUT2D eigenvalue weighted by molar-refractivity contribution is 6.01. The molecule has 0 amide bonds. The number of carbonyl (C=O) groups excluding carboxylic acids is 1. The number of aliphatic hydroxyl groups excluding tert-OH is 3. The van der Waals surface area contributed by atoms with E-state index in [0.29, 0.717) is 37.9 Å². The van der Waals surface area contributed by atoms with Gasteiger partial charge in [0.2, 0.25) is 0 Å². The normalized spacial score (nSPS) is 37.5. The summed E-state index contributed by atoms with van der Waals surface area (Å²) in [6.07, 6.45) is -4.29. The standard InChI is InChI=1S/C58H87N7O13/c1-13-47-58(9,71)51(67)37(5)63(10)27-25-56(7,70)53(35(3)50(36(4)54(69)75-47)76-48-30-57(8,72-12)52(68)38(6)74-48)77-55-49(66)46(28-34(2)73-55)64(11)26-15-14-16-43-32-65(62-60-43)33-44-29-45(61-78-44)42-23-21-41(22-24-42)40-19-17-39(31-59)18-20-40/h17-24,32,34-38,44,46-53,55,66-68,70-71H,13-16,25-30,33H2,1-12H3/t34-,35+,36-,37-,38+,44-,46+,47-,48+,49-,50+,51-,52+,53-,55+,56-,57-,58-/m1/s1. The van der Waals surface area contributed by atoms with Gasteiger partial charge in [-0.1, -0.05) is 60.6 Å². The van der Waals surface area contributed by atoms with Crippen molar-refractivity contribution in [3.63, 3.8) is 0 Å². The molecule has 0 bridgehead atoms. The summed E-state index contributed by atoms with van der Waals surface area (Å²) < 4.78 is 40.0. The van der Waals surface area contributed by atoms with Crippen LogP contribution in [0.25, 0.3) is 11.1 Å². The van der Waals surface area contributed by atoms with Crippen LogP contribution >= 0.6 is 0 Å². The van der Waals surface area contributed by atoms with Crippen LogP contribution in [-0.2, 0) is 51.0 Å². The number of nitriles is 1. The van der Waals surface area contributed by atoms with E-state index >= 15 is 0 Å². The first kappa shape index (κ1) is 61.2. The van der Waals surface area contributed by atoms with E-state index in [4.69, 9.17) is 38.5 Å². The zero-order chi connectivity index (χ0) is 56.9. The number of aliphatic hydroxyl groups is 5. The Morgan fingerprint density at radius 2 is 1.59 bits per heavy atom. The van der Waals surface area contributed by atoms with Crippen molar-refractivity contribution in [3.05, 3.63) is 71.5 Å². The van der Waals surface area contributed by atoms with Gasteiger partial charge in [0.25, 0.3) is 0 Å². The van der Waals surface area contributed by atoms with Crippen molar-refractivity contribution < 1.29 is 63.6 Å². The lowest BCUT2D eigenvalue weighted by molar-refractivity contribution is -0.318. The number of carbonyl (C=O) groups is 1. The Morgan fingerprint density at radius 3 is 2.24 bits per heavy atom. The minimum absolute atomic E-state index is 0.104. The molecule has 4 aliphatic heterocycles. The van der Waals surface area contributed by atoms with Gasteiger partial charge in [-0.3, -0.25) is 4.79 Å². The molecule has 5 heterocycles. The molecule has 3 aromatic rings. The molecule has 20 nitrogen and oxygen atoms in total. The number of likely N-dealkylation sites (N-methyl/N-ethyl adjacent to an activating group) is 2. The van der Waals surface area contributed by atoms with E-state index in [1.54, 1.807) is 53.3 Å². The number of hydrogen-bond donors (Lipinski definition) is 5. The number of aryl methyl sites for hydroxylation is 1. The second-order valence-electron chi connectivity index (χ2n) is 23.3. The predicted molar refractivity (Wildman–Crippen MR) is 290 cm³/mol. The number of methoxy groups -OCH3 is 1. The Kier molecular flexibility index (Phi) is 20.4. The van der Waals surface area contributed by atoms with Gasteiger partial charge in [0.05, 0.1) is 71.1 Å². The maximum Gasteiger partial charge on any atom is 0.311 e. The topological polar surface area (TPSA) is 256 Å². The zero-order valence-electron chi connectivity index (χ0n) is 47.8. The van der Waals surface area contributed by atoms with Crippen molar-refractivity contribution >= 4 is 11.7 Å². The van der Waals surface area contributed by atoms with Crippen molar-refractivity contribution in [1.82, 2.24) is 24.8 Å². The average molecular weight is 1090 g/mol. The summed E-state index contributed by atoms with van der Waals surface area (Å²) >= 11 is 0. The van der Waals surface area contributed by atoms with Gasteiger partial charge in [0.15, 0.2) is 18.7 Å². The van der Waals surface area contributed by atoms with Gasteiger partial charge in [-0.15, -0.1) is 5.10 Å². The Labute approximate surface area is 460 Å². The fourth-order valence-corrected chi connectivity index (χ4v) is 11.7. The van der Waals surface area contributed by atoms with E-state index in [2.05, 4.69) is 26.4 Å². The number of cyclic esters (lactones) is 1. The smallest absolute Gasteiger partial charge is 0.311 e. The monoisotopic (exact) mass is 1090 g/mol. The highest BCUT2D eigenvalue weighted by Crippen LogP contribution is 2.40. The van der Waals surface area contributed by atoms with Crippen LogP contribution in [0.5, 0.6) is 0 Å². The van der Waals surface area contributed by atoms with Gasteiger partial charge in [0, 0.05) is 50.7 Å². The molecule has 432 valence electrons. The summed E-state index contributed by atoms with van der Waals surface area (Å²) in [5.41, 5.74) is 0.872. The van der Waals surface area contributed by atoms with Crippen molar-refractivity contribution in [3.8, 4) is 17.2 Å². The molecule has 7 rings (SSSR count). The lowest BCUT2D eigenvalue weighted by Crippen LogP contribution is -2.62. The van der Waals surface area contributed by atoms with E-state index in [1.807, 2.05) is 80.5 Å². The lowest BCUT2D eigenvalue weighted by Gasteiger charge is -2.49. The van der Waals surface area contributed by atoms with E-state index < -0.39 is 96.0 Å². The number of rotatable bonds is 16. The Morgan fingerprint density at radius 1 is 0.923 bits per heavy atom. The molecule has 5 N–H and O–H groups in total. The van der Waals surface area contributed by atoms with Crippen LogP contribution in [0.4, 0.5) is 0 Å². The third-order valence-electron chi connectivity index (χ3n) is 17.2. The van der Waals surface area contributed by atoms with Crippen LogP contribution in [0, 0.1) is 23.2 Å². The highest BCUT2D eigenvalue weighted by Gasteiger charge is 2.53. The van der Waals surface area contributed by atoms with Crippen LogP contribution in [0.15, 0.2) is 59.9 Å². The van der Waals surface area contributed by atoms with Gasteiger partial charge in [-0.25, -0.2) is 4.68 Å². The molecule has 3 saturated heterocycles. The van der Waals surface area contributed by atoms with Gasteiger partial charge in [0.1, 0.15) is 30.0 Å². The van der Waals surface area contributed by atoms with E-state index in [9.17, 15) is 30.3 Å². The number of nitrogens with zero attached hydrogens (tertiary/aromatic N) is 7. The fourth-order valence-electron chi connectivity index (χ4n) is 11.7. The summed E-state index contributed by atoms with van der Waals surface area (Å²) in [5, 5.41) is 81.7. The third-order valence-corrected chi connectivity index (χ3v) is 17.2.